The Labute approximate surface area is 147 Å². The summed E-state index contributed by atoms with van der Waals surface area (Å²) in [5, 5.41) is 2.62. The van der Waals surface area contributed by atoms with E-state index in [1.54, 1.807) is 0 Å². The van der Waals surface area contributed by atoms with Gasteiger partial charge in [-0.2, -0.15) is 0 Å². The Morgan fingerprint density at radius 3 is 2.50 bits per heavy atom. The number of aromatic nitrogens is 1. The smallest absolute Gasteiger partial charge is 0.259 e. The number of alkyl halides is 1. The van der Waals surface area contributed by atoms with Crippen LogP contribution in [0.25, 0.3) is 0 Å². The van der Waals surface area contributed by atoms with Gasteiger partial charge in [0.05, 0.1) is 11.3 Å². The summed E-state index contributed by atoms with van der Waals surface area (Å²) >= 11 is 0. The number of H-pyrrole nitrogens is 1. The molecular weight excluding hydrogens is 342 g/mol. The molecule has 0 fully saturated rings. The Kier molecular flexibility index (Phi) is 5.07. The molecule has 26 heavy (non-hydrogen) atoms. The lowest BCUT2D eigenvalue weighted by Gasteiger charge is -2.12. The molecule has 1 aromatic heterocycles. The number of carbonyl (C=O) groups is 1. The highest BCUT2D eigenvalue weighted by Gasteiger charge is 2.15. The van der Waals surface area contributed by atoms with Gasteiger partial charge in [0.2, 0.25) is 5.56 Å². The normalized spacial score (nSPS) is 10.4. The van der Waals surface area contributed by atoms with E-state index in [2.05, 4.69) is 10.3 Å². The summed E-state index contributed by atoms with van der Waals surface area (Å²) < 4.78 is 31.6. The molecule has 7 heteroatoms. The Bertz CT molecular complexity index is 964. The van der Waals surface area contributed by atoms with Crippen LogP contribution in [0.2, 0.25) is 0 Å². The van der Waals surface area contributed by atoms with Crippen molar-refractivity contribution in [3.63, 3.8) is 0 Å². The van der Waals surface area contributed by atoms with Gasteiger partial charge < -0.3 is 15.0 Å². The zero-order valence-corrected chi connectivity index (χ0v) is 13.5. The van der Waals surface area contributed by atoms with Crippen LogP contribution in [0.15, 0.2) is 65.6 Å². The second kappa shape index (κ2) is 7.60. The topological polar surface area (TPSA) is 71.2 Å². The number of hydrogen-bond acceptors (Lipinski definition) is 3. The fraction of sp³-hybridized carbons (Fsp3) is 0.0526. The number of halogens is 2. The van der Waals surface area contributed by atoms with E-state index in [1.807, 2.05) is 0 Å². The number of benzene rings is 2. The van der Waals surface area contributed by atoms with Crippen molar-refractivity contribution in [2.75, 3.05) is 5.32 Å². The van der Waals surface area contributed by atoms with Crippen LogP contribution < -0.4 is 15.6 Å². The van der Waals surface area contributed by atoms with Gasteiger partial charge >= 0.3 is 0 Å². The highest BCUT2D eigenvalue weighted by Crippen LogP contribution is 2.28. The van der Waals surface area contributed by atoms with Gasteiger partial charge in [0.1, 0.15) is 24.0 Å². The van der Waals surface area contributed by atoms with Crippen molar-refractivity contribution >= 4 is 11.6 Å². The lowest BCUT2D eigenvalue weighted by atomic mass is 10.1. The van der Waals surface area contributed by atoms with E-state index in [0.717, 1.165) is 0 Å². The first-order chi connectivity index (χ1) is 12.5. The van der Waals surface area contributed by atoms with Crippen molar-refractivity contribution in [3.05, 3.63) is 88.1 Å². The lowest BCUT2D eigenvalue weighted by molar-refractivity contribution is 0.102. The van der Waals surface area contributed by atoms with Gasteiger partial charge in [-0.05, 0) is 48.0 Å². The molecular formula is C19H14F2N2O3. The first-order valence-corrected chi connectivity index (χ1v) is 7.67. The van der Waals surface area contributed by atoms with Crippen LogP contribution in [-0.4, -0.2) is 10.9 Å². The van der Waals surface area contributed by atoms with Gasteiger partial charge in [-0.25, -0.2) is 8.78 Å². The van der Waals surface area contributed by atoms with Gasteiger partial charge in [-0.3, -0.25) is 9.59 Å². The van der Waals surface area contributed by atoms with E-state index in [1.165, 1.54) is 60.8 Å². The van der Waals surface area contributed by atoms with E-state index in [9.17, 15) is 18.4 Å². The van der Waals surface area contributed by atoms with Crippen molar-refractivity contribution in [3.8, 4) is 11.5 Å². The summed E-state index contributed by atoms with van der Waals surface area (Å²) in [7, 11) is 0. The van der Waals surface area contributed by atoms with Crippen molar-refractivity contribution < 1.29 is 18.3 Å². The van der Waals surface area contributed by atoms with E-state index in [4.69, 9.17) is 4.74 Å². The molecule has 0 unspecified atom stereocenters. The Hall–Kier alpha value is -3.48. The van der Waals surface area contributed by atoms with E-state index < -0.39 is 18.4 Å². The SMILES string of the molecule is O=C(Nc1ccc(=O)[nH]c1)c1ccc(CF)cc1Oc1ccc(F)cc1. The second-order valence-corrected chi connectivity index (χ2v) is 5.42. The number of rotatable bonds is 5. The molecule has 0 bridgehead atoms. The van der Waals surface area contributed by atoms with E-state index >= 15 is 0 Å². The third-order valence-electron chi connectivity index (χ3n) is 3.53. The molecule has 0 radical (unpaired) electrons. The lowest BCUT2D eigenvalue weighted by Crippen LogP contribution is -2.14. The van der Waals surface area contributed by atoms with Gasteiger partial charge in [0, 0.05) is 12.3 Å². The molecule has 0 saturated heterocycles. The minimum absolute atomic E-state index is 0.133. The van der Waals surface area contributed by atoms with E-state index in [0.29, 0.717) is 17.0 Å². The standard InChI is InChI=1S/C19H14F2N2O3/c20-10-12-1-7-16(19(25)23-14-4-8-18(24)22-11-14)17(9-12)26-15-5-2-13(21)3-6-15/h1-9,11H,10H2,(H,22,24)(H,23,25). The first-order valence-electron chi connectivity index (χ1n) is 7.67. The number of carbonyl (C=O) groups excluding carboxylic acids is 1. The first kappa shape index (κ1) is 17.3. The number of pyridine rings is 1. The maximum atomic E-state index is 13.0. The van der Waals surface area contributed by atoms with Gasteiger partial charge in [-0.15, -0.1) is 0 Å². The van der Waals surface area contributed by atoms with Gasteiger partial charge in [-0.1, -0.05) is 6.07 Å². The van der Waals surface area contributed by atoms with Crippen LogP contribution >= 0.6 is 0 Å². The van der Waals surface area contributed by atoms with Crippen LogP contribution in [0.3, 0.4) is 0 Å². The van der Waals surface area contributed by atoms with Crippen LogP contribution in [-0.2, 0) is 6.67 Å². The molecule has 3 aromatic rings. The zero-order valence-electron chi connectivity index (χ0n) is 13.5. The summed E-state index contributed by atoms with van der Waals surface area (Å²) in [6, 6.07) is 12.3. The molecule has 0 saturated carbocycles. The Balaban J connectivity index is 1.89. The molecule has 0 aliphatic carbocycles. The van der Waals surface area contributed by atoms with Crippen LogP contribution in [0, 0.1) is 5.82 Å². The second-order valence-electron chi connectivity index (χ2n) is 5.42. The minimum atomic E-state index is -0.721. The predicted octanol–water partition coefficient (Wildman–Crippen LogP) is 4.03. The largest absolute Gasteiger partial charge is 0.457 e. The Morgan fingerprint density at radius 2 is 1.85 bits per heavy atom. The zero-order chi connectivity index (χ0) is 18.5. The quantitative estimate of drug-likeness (QED) is 0.725. The molecule has 0 atom stereocenters. The molecule has 0 spiro atoms. The van der Waals surface area contributed by atoms with E-state index in [-0.39, 0.29) is 16.9 Å². The molecule has 3 rings (SSSR count). The molecule has 1 heterocycles. The fourth-order valence-electron chi connectivity index (χ4n) is 2.24. The van der Waals surface area contributed by atoms with Gasteiger partial charge in [0.15, 0.2) is 0 Å². The van der Waals surface area contributed by atoms with Crippen LogP contribution in [0.4, 0.5) is 14.5 Å². The summed E-state index contributed by atoms with van der Waals surface area (Å²) in [5.74, 6) is -0.486. The van der Waals surface area contributed by atoms with Crippen molar-refractivity contribution in [2.24, 2.45) is 0 Å². The third kappa shape index (κ3) is 4.13. The Morgan fingerprint density at radius 1 is 1.08 bits per heavy atom. The fourth-order valence-corrected chi connectivity index (χ4v) is 2.24. The molecule has 132 valence electrons. The number of nitrogens with one attached hydrogen (secondary N) is 2. The number of aromatic amines is 1. The number of hydrogen-bond donors (Lipinski definition) is 2. The number of amides is 1. The highest BCUT2D eigenvalue weighted by atomic mass is 19.1. The van der Waals surface area contributed by atoms with Crippen molar-refractivity contribution in [2.45, 2.75) is 6.67 Å². The third-order valence-corrected chi connectivity index (χ3v) is 3.53. The molecule has 0 aliphatic heterocycles. The molecule has 1 amide bonds. The predicted molar refractivity (Wildman–Crippen MR) is 92.7 cm³/mol. The molecule has 2 N–H and O–H groups in total. The average Bonchev–Trinajstić information content (AvgIpc) is 2.65. The average molecular weight is 356 g/mol. The molecule has 0 aliphatic rings. The summed E-state index contributed by atoms with van der Waals surface area (Å²) in [6.07, 6.45) is 1.36. The maximum absolute atomic E-state index is 13.0. The monoisotopic (exact) mass is 356 g/mol. The highest BCUT2D eigenvalue weighted by molar-refractivity contribution is 6.06. The van der Waals surface area contributed by atoms with Gasteiger partial charge in [0.25, 0.3) is 5.91 Å². The summed E-state index contributed by atoms with van der Waals surface area (Å²) in [6.45, 7) is -0.721. The summed E-state index contributed by atoms with van der Waals surface area (Å²) in [4.78, 5) is 26.1. The van der Waals surface area contributed by atoms with Crippen molar-refractivity contribution in [1.29, 1.82) is 0 Å². The minimum Gasteiger partial charge on any atom is -0.457 e. The van der Waals surface area contributed by atoms with Crippen LogP contribution in [0.5, 0.6) is 11.5 Å². The summed E-state index contributed by atoms with van der Waals surface area (Å²) in [5.41, 5.74) is 0.591. The molecule has 2 aromatic carbocycles. The number of anilines is 1. The maximum Gasteiger partial charge on any atom is 0.259 e. The van der Waals surface area contributed by atoms with Crippen molar-refractivity contribution in [1.82, 2.24) is 4.98 Å². The van der Waals surface area contributed by atoms with Crippen LogP contribution in [0.1, 0.15) is 15.9 Å². The molecule has 5 nitrogen and oxygen atoms in total. The number of ether oxygens (including phenoxy) is 1.